The highest BCUT2D eigenvalue weighted by Gasteiger charge is 2.14. The average molecular weight is 599 g/mol. The summed E-state index contributed by atoms with van der Waals surface area (Å²) in [5.41, 5.74) is 0. The van der Waals surface area contributed by atoms with Crippen LogP contribution in [0, 0.1) is 0 Å². The number of hydrogen-bond acceptors (Lipinski definition) is 7. The first kappa shape index (κ1) is 39.4. The predicted octanol–water partition coefficient (Wildman–Crippen LogP) is 8.04. The maximum Gasteiger partial charge on any atom is 0.298 e. The summed E-state index contributed by atoms with van der Waals surface area (Å²) in [6.07, 6.45) is 19.9. The zero-order valence-corrected chi connectivity index (χ0v) is 28.1. The predicted molar refractivity (Wildman–Crippen MR) is 181 cm³/mol. The average Bonchev–Trinajstić information content (AvgIpc) is 2.95. The third kappa shape index (κ3) is 26.3. The van der Waals surface area contributed by atoms with E-state index in [1.165, 1.54) is 38.5 Å². The van der Waals surface area contributed by atoms with Gasteiger partial charge in [0.2, 0.25) is 5.87 Å². The molecule has 40 heavy (non-hydrogen) atoms. The summed E-state index contributed by atoms with van der Waals surface area (Å²) in [7, 11) is 2.30. The molecule has 0 aromatic carbocycles. The lowest BCUT2D eigenvalue weighted by Crippen LogP contribution is -2.22. The van der Waals surface area contributed by atoms with Crippen molar-refractivity contribution in [1.29, 1.82) is 0 Å². The largest absolute Gasteiger partial charge is 0.470 e. The van der Waals surface area contributed by atoms with E-state index in [-0.39, 0.29) is 24.0 Å². The normalized spacial score (nSPS) is 12.6. The second kappa shape index (κ2) is 29.9. The molecule has 0 radical (unpaired) electrons. The molecule has 0 amide bonds. The monoisotopic (exact) mass is 598 g/mol. The molecular formula is C31H60B2O5S2. The lowest BCUT2D eigenvalue weighted by atomic mass is 9.83. The molecule has 232 valence electrons. The van der Waals surface area contributed by atoms with Crippen LogP contribution in [-0.2, 0) is 19.1 Å². The van der Waals surface area contributed by atoms with Gasteiger partial charge in [-0.15, -0.1) is 0 Å². The minimum Gasteiger partial charge on any atom is -0.470 e. The van der Waals surface area contributed by atoms with Crippen LogP contribution in [0.2, 0.25) is 13.1 Å². The van der Waals surface area contributed by atoms with E-state index in [2.05, 4.69) is 13.8 Å². The van der Waals surface area contributed by atoms with Crippen LogP contribution in [0.4, 0.5) is 4.79 Å². The first-order chi connectivity index (χ1) is 19.5. The van der Waals surface area contributed by atoms with Crippen molar-refractivity contribution in [3.05, 3.63) is 0 Å². The Morgan fingerprint density at radius 2 is 1.15 bits per heavy atom. The standard InChI is InChI=1S/C31H60B2O5S2/c1-4-6-8-14-20-28(37-30(35)24-32)25-39-22-16-10-12-18-27(34)19-13-11-17-23-40-26-29(38-31(36)33-3)21-15-9-7-5-2/h28-29,33H,4-26,32H2,1-3H3. The van der Waals surface area contributed by atoms with E-state index in [4.69, 9.17) is 9.47 Å². The van der Waals surface area contributed by atoms with Gasteiger partial charge in [-0.05, 0) is 62.9 Å². The van der Waals surface area contributed by atoms with E-state index in [0.717, 1.165) is 87.2 Å². The lowest BCUT2D eigenvalue weighted by molar-refractivity contribution is -0.145. The van der Waals surface area contributed by atoms with Crippen LogP contribution in [0.15, 0.2) is 0 Å². The molecule has 5 nitrogen and oxygen atoms in total. The Morgan fingerprint density at radius 1 is 0.675 bits per heavy atom. The summed E-state index contributed by atoms with van der Waals surface area (Å²) in [4.78, 5) is 35.7. The van der Waals surface area contributed by atoms with Crippen LogP contribution < -0.4 is 0 Å². The molecule has 0 heterocycles. The van der Waals surface area contributed by atoms with E-state index in [1.807, 2.05) is 38.2 Å². The van der Waals surface area contributed by atoms with Crippen molar-refractivity contribution in [2.45, 2.75) is 155 Å². The van der Waals surface area contributed by atoms with Crippen LogP contribution in [0.5, 0.6) is 0 Å². The number of esters is 1. The minimum atomic E-state index is -0.0881. The van der Waals surface area contributed by atoms with Gasteiger partial charge >= 0.3 is 0 Å². The van der Waals surface area contributed by atoms with Gasteiger partial charge in [0.1, 0.15) is 25.8 Å². The molecule has 0 saturated heterocycles. The fourth-order valence-electron chi connectivity index (χ4n) is 4.45. The second-order valence-electron chi connectivity index (χ2n) is 10.9. The number of rotatable bonds is 30. The minimum absolute atomic E-state index is 0.0462. The molecule has 2 atom stereocenters. The molecule has 2 unspecified atom stereocenters. The maximum absolute atomic E-state index is 12.2. The first-order valence-corrected chi connectivity index (χ1v) is 18.8. The molecule has 0 rings (SSSR count). The molecule has 0 aliphatic carbocycles. The smallest absolute Gasteiger partial charge is 0.298 e. The maximum atomic E-state index is 12.2. The number of thioether (sulfide) groups is 2. The van der Waals surface area contributed by atoms with Crippen molar-refractivity contribution in [3.63, 3.8) is 0 Å². The number of unbranched alkanes of at least 4 members (excludes halogenated alkanes) is 10. The van der Waals surface area contributed by atoms with Gasteiger partial charge < -0.3 is 9.47 Å². The van der Waals surface area contributed by atoms with Gasteiger partial charge in [0, 0.05) is 30.7 Å². The summed E-state index contributed by atoms with van der Waals surface area (Å²) in [5.74, 6) is 4.13. The quantitative estimate of drug-likeness (QED) is 0.0471. The molecule has 0 aromatic heterocycles. The van der Waals surface area contributed by atoms with Crippen molar-refractivity contribution in [2.24, 2.45) is 0 Å². The zero-order valence-electron chi connectivity index (χ0n) is 26.5. The first-order valence-electron chi connectivity index (χ1n) is 16.5. The van der Waals surface area contributed by atoms with E-state index in [1.54, 1.807) is 0 Å². The van der Waals surface area contributed by atoms with Crippen molar-refractivity contribution in [1.82, 2.24) is 0 Å². The molecule has 0 fully saturated rings. The second-order valence-corrected chi connectivity index (χ2v) is 13.2. The number of carbonyl (C=O) groups excluding carboxylic acids is 3. The van der Waals surface area contributed by atoms with Gasteiger partial charge in [-0.3, -0.25) is 14.4 Å². The van der Waals surface area contributed by atoms with Crippen LogP contribution in [-0.4, -0.2) is 68.0 Å². The Kier molecular flexibility index (Phi) is 29.5. The van der Waals surface area contributed by atoms with Crippen LogP contribution in [0.25, 0.3) is 0 Å². The van der Waals surface area contributed by atoms with Gasteiger partial charge in [-0.1, -0.05) is 72.0 Å². The topological polar surface area (TPSA) is 69.7 Å². The van der Waals surface area contributed by atoms with E-state index < -0.39 is 0 Å². The Hall–Kier alpha value is -0.560. The van der Waals surface area contributed by atoms with E-state index in [0.29, 0.717) is 32.2 Å². The van der Waals surface area contributed by atoms with Gasteiger partial charge in [0.15, 0.2) is 0 Å². The Labute approximate surface area is 257 Å². The van der Waals surface area contributed by atoms with Crippen molar-refractivity contribution in [3.8, 4) is 0 Å². The fraction of sp³-hybridized carbons (Fsp3) is 0.903. The van der Waals surface area contributed by atoms with Crippen molar-refractivity contribution >= 4 is 56.3 Å². The number of hydrogen-bond donors (Lipinski definition) is 0. The molecule has 0 spiro atoms. The highest BCUT2D eigenvalue weighted by molar-refractivity contribution is 7.99. The summed E-state index contributed by atoms with van der Waals surface area (Å²) in [6, 6.07) is 0. The number of ketones is 1. The number of ether oxygens (including phenoxy) is 2. The summed E-state index contributed by atoms with van der Waals surface area (Å²) >= 11 is 3.76. The molecular weight excluding hydrogens is 538 g/mol. The Balaban J connectivity index is 3.81. The van der Waals surface area contributed by atoms with Crippen molar-refractivity contribution < 1.29 is 23.9 Å². The van der Waals surface area contributed by atoms with Crippen LogP contribution in [0.1, 0.15) is 129 Å². The number of carbonyl (C=O) groups is 3. The Morgan fingerprint density at radius 3 is 1.60 bits per heavy atom. The number of Topliss-reactive ketones (excluding diaryl/α,β-unsaturated/α-hetero) is 1. The van der Waals surface area contributed by atoms with E-state index >= 15 is 0 Å². The summed E-state index contributed by atoms with van der Waals surface area (Å²) in [5, 5.41) is 0. The SMILES string of the molecule is BCC(=O)OC(CCCCCC)CSCCCCCC(=O)CCCCCSCC(CCCCCC)OC(=O)BC. The highest BCUT2D eigenvalue weighted by atomic mass is 32.2. The molecule has 0 bridgehead atoms. The molecule has 0 saturated carbocycles. The molecule has 0 aromatic rings. The molecule has 0 aliphatic heterocycles. The van der Waals surface area contributed by atoms with Gasteiger partial charge in [-0.25, -0.2) is 0 Å². The summed E-state index contributed by atoms with van der Waals surface area (Å²) in [6.45, 7) is 6.27. The third-order valence-electron chi connectivity index (χ3n) is 7.03. The van der Waals surface area contributed by atoms with Crippen LogP contribution >= 0.6 is 23.5 Å². The van der Waals surface area contributed by atoms with Gasteiger partial charge in [0.25, 0.3) is 13.2 Å². The fourth-order valence-corrected chi connectivity index (χ4v) is 6.59. The third-order valence-corrected chi connectivity index (χ3v) is 9.40. The van der Waals surface area contributed by atoms with E-state index in [9.17, 15) is 14.4 Å². The Bertz CT molecular complexity index is 575. The molecule has 9 heteroatoms. The van der Waals surface area contributed by atoms with Gasteiger partial charge in [-0.2, -0.15) is 23.5 Å². The molecule has 0 aliphatic rings. The lowest BCUT2D eigenvalue weighted by Gasteiger charge is -2.17. The zero-order chi connectivity index (χ0) is 29.7. The molecule has 0 N–H and O–H groups in total. The highest BCUT2D eigenvalue weighted by Crippen LogP contribution is 2.18. The van der Waals surface area contributed by atoms with Crippen LogP contribution in [0.3, 0.4) is 0 Å². The summed E-state index contributed by atoms with van der Waals surface area (Å²) < 4.78 is 11.3. The van der Waals surface area contributed by atoms with Crippen molar-refractivity contribution in [2.75, 3.05) is 23.0 Å². The van der Waals surface area contributed by atoms with Gasteiger partial charge in [0.05, 0.1) is 0 Å².